The van der Waals surface area contributed by atoms with E-state index in [2.05, 4.69) is 20.0 Å². The van der Waals surface area contributed by atoms with E-state index < -0.39 is 17.8 Å². The van der Waals surface area contributed by atoms with Crippen LogP contribution in [0.5, 0.6) is 0 Å². The largest absolute Gasteiger partial charge is 0.464 e. The van der Waals surface area contributed by atoms with Crippen molar-refractivity contribution in [1.82, 2.24) is 15.3 Å². The van der Waals surface area contributed by atoms with E-state index in [0.29, 0.717) is 5.82 Å². The van der Waals surface area contributed by atoms with Crippen LogP contribution in [-0.2, 0) is 14.3 Å². The maximum Gasteiger partial charge on any atom is 0.358 e. The highest BCUT2D eigenvalue weighted by atomic mass is 16.5. The number of imide groups is 1. The van der Waals surface area contributed by atoms with Gasteiger partial charge in [-0.3, -0.25) is 14.9 Å². The monoisotopic (exact) mass is 250 g/mol. The summed E-state index contributed by atoms with van der Waals surface area (Å²) in [6.45, 7) is 0.0516. The van der Waals surface area contributed by atoms with Crippen LogP contribution in [0.3, 0.4) is 0 Å². The summed E-state index contributed by atoms with van der Waals surface area (Å²) in [6.07, 6.45) is 2.55. The topological polar surface area (TPSA) is 101 Å². The predicted octanol–water partition coefficient (Wildman–Crippen LogP) is -1.27. The van der Waals surface area contributed by atoms with Crippen molar-refractivity contribution in [3.8, 4) is 0 Å². The number of nitrogens with one attached hydrogen (secondary N) is 1. The van der Waals surface area contributed by atoms with Crippen LogP contribution < -0.4 is 10.2 Å². The number of rotatable bonds is 2. The highest BCUT2D eigenvalue weighted by molar-refractivity contribution is 6.02. The second-order valence-corrected chi connectivity index (χ2v) is 3.58. The van der Waals surface area contributed by atoms with E-state index in [-0.39, 0.29) is 18.8 Å². The van der Waals surface area contributed by atoms with Gasteiger partial charge in [0.15, 0.2) is 5.69 Å². The lowest BCUT2D eigenvalue weighted by Crippen LogP contribution is -2.51. The number of piperazine rings is 1. The zero-order chi connectivity index (χ0) is 13.1. The third-order valence-corrected chi connectivity index (χ3v) is 2.30. The number of amides is 2. The fourth-order valence-electron chi connectivity index (χ4n) is 1.49. The number of ether oxygens (including phenoxy) is 1. The molecule has 94 valence electrons. The van der Waals surface area contributed by atoms with Crippen molar-refractivity contribution in [1.29, 1.82) is 0 Å². The molecule has 2 heterocycles. The average molecular weight is 250 g/mol. The van der Waals surface area contributed by atoms with Gasteiger partial charge >= 0.3 is 5.97 Å². The van der Waals surface area contributed by atoms with Crippen LogP contribution in [-0.4, -0.2) is 48.0 Å². The molecule has 1 saturated heterocycles. The van der Waals surface area contributed by atoms with E-state index in [0.717, 1.165) is 0 Å². The molecule has 0 bridgehead atoms. The maximum absolute atomic E-state index is 11.2. The second kappa shape index (κ2) is 4.78. The van der Waals surface area contributed by atoms with Gasteiger partial charge in [-0.05, 0) is 0 Å². The molecule has 2 rings (SSSR count). The van der Waals surface area contributed by atoms with Gasteiger partial charge < -0.3 is 9.64 Å². The molecule has 2 amide bonds. The smallest absolute Gasteiger partial charge is 0.358 e. The summed E-state index contributed by atoms with van der Waals surface area (Å²) in [6, 6.07) is 0. The van der Waals surface area contributed by atoms with E-state index in [1.54, 1.807) is 0 Å². The third kappa shape index (κ3) is 2.42. The van der Waals surface area contributed by atoms with Crippen LogP contribution in [0.1, 0.15) is 10.5 Å². The van der Waals surface area contributed by atoms with Crippen LogP contribution in [0.2, 0.25) is 0 Å². The Morgan fingerprint density at radius 3 is 2.44 bits per heavy atom. The molecule has 0 unspecified atom stereocenters. The van der Waals surface area contributed by atoms with E-state index in [1.165, 1.54) is 24.4 Å². The first-order valence-electron chi connectivity index (χ1n) is 5.08. The number of methoxy groups -OCH3 is 1. The lowest BCUT2D eigenvalue weighted by atomic mass is 10.3. The van der Waals surface area contributed by atoms with Crippen molar-refractivity contribution in [3.63, 3.8) is 0 Å². The Balaban J connectivity index is 2.16. The fraction of sp³-hybridized carbons (Fsp3) is 0.300. The molecule has 1 aliphatic heterocycles. The summed E-state index contributed by atoms with van der Waals surface area (Å²) >= 11 is 0. The molecule has 0 aromatic carbocycles. The molecule has 1 aromatic heterocycles. The van der Waals surface area contributed by atoms with Gasteiger partial charge in [0.25, 0.3) is 0 Å². The van der Waals surface area contributed by atoms with Gasteiger partial charge in [-0.15, -0.1) is 0 Å². The summed E-state index contributed by atoms with van der Waals surface area (Å²) in [5, 5.41) is 2.18. The minimum Gasteiger partial charge on any atom is -0.464 e. The zero-order valence-corrected chi connectivity index (χ0v) is 9.54. The van der Waals surface area contributed by atoms with Crippen LogP contribution in [0.15, 0.2) is 12.4 Å². The second-order valence-electron chi connectivity index (χ2n) is 3.58. The van der Waals surface area contributed by atoms with Crippen LogP contribution >= 0.6 is 0 Å². The van der Waals surface area contributed by atoms with E-state index in [1.807, 2.05) is 0 Å². The van der Waals surface area contributed by atoms with Crippen LogP contribution in [0.4, 0.5) is 5.82 Å². The van der Waals surface area contributed by atoms with Gasteiger partial charge in [0, 0.05) is 0 Å². The summed E-state index contributed by atoms with van der Waals surface area (Å²) in [4.78, 5) is 42.8. The van der Waals surface area contributed by atoms with Gasteiger partial charge in [-0.25, -0.2) is 14.8 Å². The minimum atomic E-state index is -0.596. The molecule has 1 aliphatic rings. The number of aromatic nitrogens is 2. The van der Waals surface area contributed by atoms with Gasteiger partial charge in [0.05, 0.1) is 32.6 Å². The highest BCUT2D eigenvalue weighted by Crippen LogP contribution is 2.10. The molecule has 0 atom stereocenters. The summed E-state index contributed by atoms with van der Waals surface area (Å²) in [5.74, 6) is -1.04. The molecule has 0 aliphatic carbocycles. The SMILES string of the molecule is COC(=O)c1cnc(N2CC(=O)NC(=O)C2)cn1. The molecule has 0 radical (unpaired) electrons. The van der Waals surface area contributed by atoms with Crippen molar-refractivity contribution >= 4 is 23.6 Å². The van der Waals surface area contributed by atoms with Crippen molar-refractivity contribution in [2.24, 2.45) is 0 Å². The first kappa shape index (κ1) is 12.0. The van der Waals surface area contributed by atoms with E-state index >= 15 is 0 Å². The Kier molecular flexibility index (Phi) is 3.18. The molecule has 1 aromatic rings. The Bertz CT molecular complexity index is 483. The molecule has 8 nitrogen and oxygen atoms in total. The van der Waals surface area contributed by atoms with Crippen molar-refractivity contribution in [2.75, 3.05) is 25.1 Å². The average Bonchev–Trinajstić information content (AvgIpc) is 2.37. The Labute approximate surface area is 102 Å². The molecule has 1 fully saturated rings. The van der Waals surface area contributed by atoms with Crippen molar-refractivity contribution in [2.45, 2.75) is 0 Å². The summed E-state index contributed by atoms with van der Waals surface area (Å²) in [7, 11) is 1.24. The number of hydrogen-bond donors (Lipinski definition) is 1. The molecule has 0 saturated carbocycles. The Hall–Kier alpha value is -2.51. The molecular formula is C10H10N4O4. The lowest BCUT2D eigenvalue weighted by Gasteiger charge is -2.25. The number of hydrogen-bond acceptors (Lipinski definition) is 7. The molecule has 1 N–H and O–H groups in total. The first-order valence-corrected chi connectivity index (χ1v) is 5.08. The third-order valence-electron chi connectivity index (χ3n) is 2.30. The van der Waals surface area contributed by atoms with Gasteiger partial charge in [0.2, 0.25) is 11.8 Å². The zero-order valence-electron chi connectivity index (χ0n) is 9.54. The Morgan fingerprint density at radius 1 is 1.28 bits per heavy atom. The molecule has 0 spiro atoms. The van der Waals surface area contributed by atoms with Crippen molar-refractivity contribution < 1.29 is 19.1 Å². The van der Waals surface area contributed by atoms with Crippen LogP contribution in [0.25, 0.3) is 0 Å². The number of nitrogens with zero attached hydrogens (tertiary/aromatic N) is 3. The minimum absolute atomic E-state index is 0.0258. The predicted molar refractivity (Wildman–Crippen MR) is 58.7 cm³/mol. The molecular weight excluding hydrogens is 240 g/mol. The van der Waals surface area contributed by atoms with Gasteiger partial charge in [0.1, 0.15) is 5.82 Å². The number of carbonyl (C=O) groups excluding carboxylic acids is 3. The first-order chi connectivity index (χ1) is 8.60. The van der Waals surface area contributed by atoms with Crippen LogP contribution in [0, 0.1) is 0 Å². The fourth-order valence-corrected chi connectivity index (χ4v) is 1.49. The van der Waals surface area contributed by atoms with E-state index in [4.69, 9.17) is 0 Å². The Morgan fingerprint density at radius 2 is 1.94 bits per heavy atom. The summed E-state index contributed by atoms with van der Waals surface area (Å²) < 4.78 is 4.48. The van der Waals surface area contributed by atoms with Gasteiger partial charge in [-0.1, -0.05) is 0 Å². The quantitative estimate of drug-likeness (QED) is 0.515. The standard InChI is InChI=1S/C10H10N4O4/c1-18-10(17)6-2-12-7(3-11-6)14-4-8(15)13-9(16)5-14/h2-3H,4-5H2,1H3,(H,13,15,16). The summed E-state index contributed by atoms with van der Waals surface area (Å²) in [5.41, 5.74) is 0.0639. The molecule has 18 heavy (non-hydrogen) atoms. The number of anilines is 1. The number of carbonyl (C=O) groups is 3. The van der Waals surface area contributed by atoms with Gasteiger partial charge in [-0.2, -0.15) is 0 Å². The normalized spacial score (nSPS) is 15.3. The highest BCUT2D eigenvalue weighted by Gasteiger charge is 2.23. The van der Waals surface area contributed by atoms with Crippen molar-refractivity contribution in [3.05, 3.63) is 18.1 Å². The van der Waals surface area contributed by atoms with E-state index in [9.17, 15) is 14.4 Å². The molecule has 8 heteroatoms. The maximum atomic E-state index is 11.2. The lowest BCUT2D eigenvalue weighted by molar-refractivity contribution is -0.130. The number of esters is 1.